The van der Waals surface area contributed by atoms with E-state index in [-0.39, 0.29) is 17.2 Å². The van der Waals surface area contributed by atoms with E-state index in [2.05, 4.69) is 24.5 Å². The fourth-order valence-electron chi connectivity index (χ4n) is 2.13. The standard InChI is InChI=1S/C19H20F2N2O2/c1-12(2)9-10-22-18(24)13-3-5-14(6-4-13)19(25)23-17-8-7-15(20)11-16(17)21/h3-8,11-12H,9-10H2,1-2H3,(H,22,24)(H,23,25). The Kier molecular flexibility index (Phi) is 6.22. The second kappa shape index (κ2) is 8.37. The third kappa shape index (κ3) is 5.38. The summed E-state index contributed by atoms with van der Waals surface area (Å²) < 4.78 is 26.4. The predicted octanol–water partition coefficient (Wildman–Crippen LogP) is 3.99. The molecular formula is C19H20F2N2O2. The quantitative estimate of drug-likeness (QED) is 0.831. The molecule has 2 N–H and O–H groups in total. The summed E-state index contributed by atoms with van der Waals surface area (Å²) in [5.41, 5.74) is 0.595. The lowest BCUT2D eigenvalue weighted by atomic mass is 10.1. The largest absolute Gasteiger partial charge is 0.352 e. The second-order valence-electron chi connectivity index (χ2n) is 6.09. The summed E-state index contributed by atoms with van der Waals surface area (Å²) in [4.78, 5) is 24.1. The Morgan fingerprint density at radius 1 is 0.960 bits per heavy atom. The zero-order valence-corrected chi connectivity index (χ0v) is 14.1. The van der Waals surface area contributed by atoms with Crippen LogP contribution in [0.15, 0.2) is 42.5 Å². The maximum absolute atomic E-state index is 13.6. The van der Waals surface area contributed by atoms with Crippen LogP contribution in [0.25, 0.3) is 0 Å². The van der Waals surface area contributed by atoms with Gasteiger partial charge in [0.05, 0.1) is 5.69 Å². The number of rotatable bonds is 6. The summed E-state index contributed by atoms with van der Waals surface area (Å²) in [6.45, 7) is 4.73. The molecule has 0 radical (unpaired) electrons. The summed E-state index contributed by atoms with van der Waals surface area (Å²) in [6.07, 6.45) is 0.884. The topological polar surface area (TPSA) is 58.2 Å². The number of benzene rings is 2. The summed E-state index contributed by atoms with van der Waals surface area (Å²) >= 11 is 0. The Bertz CT molecular complexity index is 759. The van der Waals surface area contributed by atoms with E-state index in [4.69, 9.17) is 0 Å². The molecule has 25 heavy (non-hydrogen) atoms. The monoisotopic (exact) mass is 346 g/mol. The maximum atomic E-state index is 13.6. The van der Waals surface area contributed by atoms with E-state index in [0.717, 1.165) is 18.6 Å². The number of nitrogens with one attached hydrogen (secondary N) is 2. The Morgan fingerprint density at radius 3 is 2.12 bits per heavy atom. The molecule has 2 aromatic carbocycles. The van der Waals surface area contributed by atoms with Crippen LogP contribution in [-0.4, -0.2) is 18.4 Å². The summed E-state index contributed by atoms with van der Waals surface area (Å²) in [5, 5.41) is 5.17. The van der Waals surface area contributed by atoms with Crippen molar-refractivity contribution in [1.82, 2.24) is 5.32 Å². The highest BCUT2D eigenvalue weighted by Crippen LogP contribution is 2.16. The van der Waals surface area contributed by atoms with Gasteiger partial charge in [0.2, 0.25) is 0 Å². The van der Waals surface area contributed by atoms with Crippen molar-refractivity contribution in [2.24, 2.45) is 5.92 Å². The van der Waals surface area contributed by atoms with Gasteiger partial charge in [-0.05, 0) is 48.7 Å². The zero-order chi connectivity index (χ0) is 18.4. The van der Waals surface area contributed by atoms with Gasteiger partial charge in [-0.25, -0.2) is 8.78 Å². The number of halogens is 2. The third-order valence-electron chi connectivity index (χ3n) is 3.60. The molecule has 0 atom stereocenters. The van der Waals surface area contributed by atoms with Gasteiger partial charge in [-0.3, -0.25) is 9.59 Å². The van der Waals surface area contributed by atoms with E-state index in [1.54, 1.807) is 0 Å². The fraction of sp³-hybridized carbons (Fsp3) is 0.263. The molecule has 0 aliphatic carbocycles. The number of carbonyl (C=O) groups excluding carboxylic acids is 2. The predicted molar refractivity (Wildman–Crippen MR) is 92.5 cm³/mol. The molecule has 4 nitrogen and oxygen atoms in total. The molecule has 2 rings (SSSR count). The van der Waals surface area contributed by atoms with Crippen molar-refractivity contribution in [3.05, 3.63) is 65.2 Å². The van der Waals surface area contributed by atoms with E-state index >= 15 is 0 Å². The molecule has 6 heteroatoms. The molecule has 0 saturated heterocycles. The van der Waals surface area contributed by atoms with Crippen molar-refractivity contribution in [2.75, 3.05) is 11.9 Å². The van der Waals surface area contributed by atoms with Gasteiger partial charge in [0.15, 0.2) is 0 Å². The molecule has 0 fully saturated rings. The van der Waals surface area contributed by atoms with Crippen molar-refractivity contribution in [2.45, 2.75) is 20.3 Å². The van der Waals surface area contributed by atoms with Crippen molar-refractivity contribution in [1.29, 1.82) is 0 Å². The Hall–Kier alpha value is -2.76. The van der Waals surface area contributed by atoms with Crippen LogP contribution in [0, 0.1) is 17.6 Å². The van der Waals surface area contributed by atoms with Gasteiger partial charge in [-0.15, -0.1) is 0 Å². The van der Waals surface area contributed by atoms with Crippen LogP contribution >= 0.6 is 0 Å². The number of carbonyl (C=O) groups is 2. The first-order valence-corrected chi connectivity index (χ1v) is 8.01. The van der Waals surface area contributed by atoms with E-state index in [0.29, 0.717) is 24.1 Å². The first-order valence-electron chi connectivity index (χ1n) is 8.01. The molecule has 2 aromatic rings. The molecule has 0 unspecified atom stereocenters. The minimum atomic E-state index is -0.852. The number of hydrogen-bond donors (Lipinski definition) is 2. The smallest absolute Gasteiger partial charge is 0.255 e. The molecule has 0 saturated carbocycles. The highest BCUT2D eigenvalue weighted by molar-refractivity contribution is 6.05. The molecule has 0 spiro atoms. The first-order chi connectivity index (χ1) is 11.9. The SMILES string of the molecule is CC(C)CCNC(=O)c1ccc(C(=O)Nc2ccc(F)cc2F)cc1. The Morgan fingerprint density at radius 2 is 1.56 bits per heavy atom. The van der Waals surface area contributed by atoms with Crippen molar-refractivity contribution >= 4 is 17.5 Å². The van der Waals surface area contributed by atoms with Crippen LogP contribution in [0.2, 0.25) is 0 Å². The van der Waals surface area contributed by atoms with Gasteiger partial charge >= 0.3 is 0 Å². The third-order valence-corrected chi connectivity index (χ3v) is 3.60. The van der Waals surface area contributed by atoms with Gasteiger partial charge in [-0.2, -0.15) is 0 Å². The molecule has 0 heterocycles. The number of hydrogen-bond acceptors (Lipinski definition) is 2. The molecule has 132 valence electrons. The number of anilines is 1. The summed E-state index contributed by atoms with van der Waals surface area (Å²) in [6, 6.07) is 8.92. The normalized spacial score (nSPS) is 10.6. The van der Waals surface area contributed by atoms with Crippen molar-refractivity contribution in [3.8, 4) is 0 Å². The fourth-order valence-corrected chi connectivity index (χ4v) is 2.13. The van der Waals surface area contributed by atoms with Gasteiger partial charge in [0, 0.05) is 23.7 Å². The minimum Gasteiger partial charge on any atom is -0.352 e. The minimum absolute atomic E-state index is 0.109. The maximum Gasteiger partial charge on any atom is 0.255 e. The molecule has 0 aromatic heterocycles. The van der Waals surface area contributed by atoms with Crippen LogP contribution < -0.4 is 10.6 Å². The molecule has 0 bridgehead atoms. The molecular weight excluding hydrogens is 326 g/mol. The van der Waals surface area contributed by atoms with Gasteiger partial charge in [0.1, 0.15) is 11.6 Å². The molecule has 0 aliphatic heterocycles. The number of amides is 2. The average molecular weight is 346 g/mol. The highest BCUT2D eigenvalue weighted by Gasteiger charge is 2.11. The van der Waals surface area contributed by atoms with Crippen molar-refractivity contribution < 1.29 is 18.4 Å². The average Bonchev–Trinajstić information content (AvgIpc) is 2.57. The molecule has 2 amide bonds. The van der Waals surface area contributed by atoms with Crippen LogP contribution in [0.1, 0.15) is 41.0 Å². The Balaban J connectivity index is 1.99. The summed E-state index contributed by atoms with van der Waals surface area (Å²) in [5.74, 6) is -1.83. The van der Waals surface area contributed by atoms with E-state index < -0.39 is 17.5 Å². The van der Waals surface area contributed by atoms with Gasteiger partial charge in [0.25, 0.3) is 11.8 Å². The van der Waals surface area contributed by atoms with E-state index in [1.165, 1.54) is 24.3 Å². The van der Waals surface area contributed by atoms with Crippen LogP contribution in [-0.2, 0) is 0 Å². The Labute approximate surface area is 145 Å². The van der Waals surface area contributed by atoms with Crippen LogP contribution in [0.4, 0.5) is 14.5 Å². The first kappa shape index (κ1) is 18.6. The van der Waals surface area contributed by atoms with Crippen molar-refractivity contribution in [3.63, 3.8) is 0 Å². The van der Waals surface area contributed by atoms with Gasteiger partial charge < -0.3 is 10.6 Å². The summed E-state index contributed by atoms with van der Waals surface area (Å²) in [7, 11) is 0. The second-order valence-corrected chi connectivity index (χ2v) is 6.09. The molecule has 0 aliphatic rings. The lowest BCUT2D eigenvalue weighted by molar-refractivity contribution is 0.0950. The van der Waals surface area contributed by atoms with E-state index in [1.807, 2.05) is 0 Å². The highest BCUT2D eigenvalue weighted by atomic mass is 19.1. The lowest BCUT2D eigenvalue weighted by Crippen LogP contribution is -2.25. The van der Waals surface area contributed by atoms with Gasteiger partial charge in [-0.1, -0.05) is 13.8 Å². The van der Waals surface area contributed by atoms with E-state index in [9.17, 15) is 18.4 Å². The van der Waals surface area contributed by atoms with Crippen LogP contribution in [0.3, 0.4) is 0 Å². The lowest BCUT2D eigenvalue weighted by Gasteiger charge is -2.09. The van der Waals surface area contributed by atoms with Crippen LogP contribution in [0.5, 0.6) is 0 Å². The zero-order valence-electron chi connectivity index (χ0n) is 14.1.